The van der Waals surface area contributed by atoms with Crippen LogP contribution in [-0.4, -0.2) is 11.9 Å². The van der Waals surface area contributed by atoms with Crippen LogP contribution in [0.1, 0.15) is 12.5 Å². The van der Waals surface area contributed by atoms with Crippen LogP contribution in [0.5, 0.6) is 0 Å². The molecule has 0 aromatic heterocycles. The Hall–Kier alpha value is -2.74. The Morgan fingerprint density at radius 1 is 0.920 bits per heavy atom. The molecule has 9 heteroatoms. The number of carbonyl (C=O) groups is 2. The number of urea groups is 1. The number of benzene rings is 2. The van der Waals surface area contributed by atoms with E-state index >= 15 is 0 Å². The standard InChI is InChI=1S/C16H13ClF3N3O2/c1-9(24)21-10-3-2-4-11(7-10)22-15(25)23-12-5-6-14(17)13(8-12)16(18,19)20/h2-8H,1H3,(H,21,24)(H2,22,23,25). The van der Waals surface area contributed by atoms with Gasteiger partial charge in [0.2, 0.25) is 5.91 Å². The van der Waals surface area contributed by atoms with E-state index in [1.54, 1.807) is 18.2 Å². The molecule has 0 aliphatic heterocycles. The molecule has 3 N–H and O–H groups in total. The second-order valence-corrected chi connectivity index (χ2v) is 5.44. The first-order chi connectivity index (χ1) is 11.6. The molecule has 0 spiro atoms. The van der Waals surface area contributed by atoms with Gasteiger partial charge in [0.05, 0.1) is 10.6 Å². The van der Waals surface area contributed by atoms with Crippen molar-refractivity contribution in [2.45, 2.75) is 13.1 Å². The molecule has 5 nitrogen and oxygen atoms in total. The first-order valence-electron chi connectivity index (χ1n) is 6.97. The predicted molar refractivity (Wildman–Crippen MR) is 89.8 cm³/mol. The van der Waals surface area contributed by atoms with Crippen molar-refractivity contribution in [2.24, 2.45) is 0 Å². The molecule has 0 unspecified atom stereocenters. The van der Waals surface area contributed by atoms with Gasteiger partial charge in [0.1, 0.15) is 0 Å². The highest BCUT2D eigenvalue weighted by Gasteiger charge is 2.33. The molecule has 0 fully saturated rings. The maximum Gasteiger partial charge on any atom is 0.417 e. The fraction of sp³-hybridized carbons (Fsp3) is 0.125. The van der Waals surface area contributed by atoms with Crippen molar-refractivity contribution in [1.29, 1.82) is 0 Å². The fourth-order valence-corrected chi connectivity index (χ4v) is 2.22. The van der Waals surface area contributed by atoms with Crippen LogP contribution in [0.25, 0.3) is 0 Å². The molecule has 0 aliphatic carbocycles. The normalized spacial score (nSPS) is 10.9. The first kappa shape index (κ1) is 18.6. The molecule has 0 atom stereocenters. The summed E-state index contributed by atoms with van der Waals surface area (Å²) in [4.78, 5) is 23.0. The van der Waals surface area contributed by atoms with Crippen LogP contribution >= 0.6 is 11.6 Å². The fourth-order valence-electron chi connectivity index (χ4n) is 1.99. The van der Waals surface area contributed by atoms with E-state index in [1.165, 1.54) is 19.1 Å². The highest BCUT2D eigenvalue weighted by atomic mass is 35.5. The molecule has 0 saturated heterocycles. The van der Waals surface area contributed by atoms with Crippen molar-refractivity contribution in [1.82, 2.24) is 0 Å². The van der Waals surface area contributed by atoms with E-state index in [0.717, 1.165) is 12.1 Å². The van der Waals surface area contributed by atoms with Gasteiger partial charge >= 0.3 is 12.2 Å². The molecule has 2 aromatic carbocycles. The topological polar surface area (TPSA) is 70.2 Å². The van der Waals surface area contributed by atoms with Crippen molar-refractivity contribution in [3.63, 3.8) is 0 Å². The molecule has 0 saturated carbocycles. The van der Waals surface area contributed by atoms with Gasteiger partial charge in [0.15, 0.2) is 0 Å². The zero-order valence-corrected chi connectivity index (χ0v) is 13.6. The van der Waals surface area contributed by atoms with Gasteiger partial charge in [-0.15, -0.1) is 0 Å². The largest absolute Gasteiger partial charge is 0.417 e. The van der Waals surface area contributed by atoms with E-state index in [9.17, 15) is 22.8 Å². The van der Waals surface area contributed by atoms with Crippen LogP contribution in [-0.2, 0) is 11.0 Å². The average molecular weight is 372 g/mol. The smallest absolute Gasteiger partial charge is 0.326 e. The summed E-state index contributed by atoms with van der Waals surface area (Å²) in [6, 6.07) is 8.61. The monoisotopic (exact) mass is 371 g/mol. The van der Waals surface area contributed by atoms with Gasteiger partial charge in [-0.3, -0.25) is 4.79 Å². The van der Waals surface area contributed by atoms with E-state index in [4.69, 9.17) is 11.6 Å². The van der Waals surface area contributed by atoms with Crippen molar-refractivity contribution >= 4 is 40.6 Å². The summed E-state index contributed by atoms with van der Waals surface area (Å²) in [5.41, 5.74) is -0.281. The van der Waals surface area contributed by atoms with Gasteiger partial charge in [-0.1, -0.05) is 17.7 Å². The molecule has 2 rings (SSSR count). The molecule has 0 bridgehead atoms. The molecule has 0 aliphatic rings. The SMILES string of the molecule is CC(=O)Nc1cccc(NC(=O)Nc2ccc(Cl)c(C(F)(F)F)c2)c1. The molecule has 3 amide bonds. The molecule has 25 heavy (non-hydrogen) atoms. The highest BCUT2D eigenvalue weighted by molar-refractivity contribution is 6.31. The predicted octanol–water partition coefficient (Wildman–Crippen LogP) is 4.96. The zero-order chi connectivity index (χ0) is 18.6. The molecule has 0 heterocycles. The van der Waals surface area contributed by atoms with Crippen molar-refractivity contribution < 1.29 is 22.8 Å². The quantitative estimate of drug-likeness (QED) is 0.713. The van der Waals surface area contributed by atoms with Crippen LogP contribution in [0.15, 0.2) is 42.5 Å². The van der Waals surface area contributed by atoms with E-state index in [-0.39, 0.29) is 11.6 Å². The van der Waals surface area contributed by atoms with E-state index in [2.05, 4.69) is 16.0 Å². The average Bonchev–Trinajstić information content (AvgIpc) is 2.47. The minimum absolute atomic E-state index is 0.0627. The lowest BCUT2D eigenvalue weighted by Crippen LogP contribution is -2.20. The first-order valence-corrected chi connectivity index (χ1v) is 7.35. The molecule has 2 aromatic rings. The highest BCUT2D eigenvalue weighted by Crippen LogP contribution is 2.36. The summed E-state index contributed by atoms with van der Waals surface area (Å²) in [6.45, 7) is 1.34. The lowest BCUT2D eigenvalue weighted by molar-refractivity contribution is -0.137. The third kappa shape index (κ3) is 5.39. The number of hydrogen-bond acceptors (Lipinski definition) is 2. The van der Waals surface area contributed by atoms with Crippen LogP contribution < -0.4 is 16.0 Å². The summed E-state index contributed by atoms with van der Waals surface area (Å²) < 4.78 is 38.4. The minimum Gasteiger partial charge on any atom is -0.326 e. The molecule has 132 valence electrons. The van der Waals surface area contributed by atoms with Gasteiger partial charge < -0.3 is 16.0 Å². The van der Waals surface area contributed by atoms with Crippen LogP contribution in [0.2, 0.25) is 5.02 Å². The summed E-state index contributed by atoms with van der Waals surface area (Å²) in [5, 5.41) is 6.85. The number of alkyl halides is 3. The number of anilines is 3. The molecular formula is C16H13ClF3N3O2. The van der Waals surface area contributed by atoms with Gasteiger partial charge in [-0.2, -0.15) is 13.2 Å². The Morgan fingerprint density at radius 3 is 2.04 bits per heavy atom. The number of carbonyl (C=O) groups excluding carboxylic acids is 2. The Labute approximate surface area is 146 Å². The van der Waals surface area contributed by atoms with E-state index in [1.807, 2.05) is 0 Å². The number of amides is 3. The number of halogens is 4. The Balaban J connectivity index is 2.09. The Kier molecular flexibility index (Phi) is 5.53. The summed E-state index contributed by atoms with van der Waals surface area (Å²) >= 11 is 5.52. The van der Waals surface area contributed by atoms with Gasteiger partial charge in [0, 0.05) is 24.0 Å². The van der Waals surface area contributed by atoms with Crippen molar-refractivity contribution in [3.8, 4) is 0 Å². The maximum absolute atomic E-state index is 12.8. The summed E-state index contributed by atoms with van der Waals surface area (Å²) in [6.07, 6.45) is -4.63. The van der Waals surface area contributed by atoms with Crippen LogP contribution in [0, 0.1) is 0 Å². The summed E-state index contributed by atoms with van der Waals surface area (Å²) in [5.74, 6) is -0.276. The third-order valence-electron chi connectivity index (χ3n) is 2.97. The Bertz CT molecular complexity index is 809. The lowest BCUT2D eigenvalue weighted by atomic mass is 10.2. The Morgan fingerprint density at radius 2 is 1.48 bits per heavy atom. The minimum atomic E-state index is -4.63. The number of hydrogen-bond donors (Lipinski definition) is 3. The van der Waals surface area contributed by atoms with E-state index < -0.39 is 22.8 Å². The van der Waals surface area contributed by atoms with Crippen molar-refractivity contribution in [2.75, 3.05) is 16.0 Å². The van der Waals surface area contributed by atoms with Gasteiger partial charge in [0.25, 0.3) is 0 Å². The summed E-state index contributed by atoms with van der Waals surface area (Å²) in [7, 11) is 0. The van der Waals surface area contributed by atoms with Crippen LogP contribution in [0.3, 0.4) is 0 Å². The third-order valence-corrected chi connectivity index (χ3v) is 3.30. The second-order valence-electron chi connectivity index (χ2n) is 5.03. The lowest BCUT2D eigenvalue weighted by Gasteiger charge is -2.12. The van der Waals surface area contributed by atoms with Crippen LogP contribution in [0.4, 0.5) is 35.0 Å². The molecule has 0 radical (unpaired) electrons. The maximum atomic E-state index is 12.8. The second kappa shape index (κ2) is 7.43. The van der Waals surface area contributed by atoms with Crippen molar-refractivity contribution in [3.05, 3.63) is 53.1 Å². The van der Waals surface area contributed by atoms with Gasteiger partial charge in [-0.25, -0.2) is 4.79 Å². The van der Waals surface area contributed by atoms with E-state index in [0.29, 0.717) is 11.4 Å². The zero-order valence-electron chi connectivity index (χ0n) is 12.9. The number of nitrogens with one attached hydrogen (secondary N) is 3. The van der Waals surface area contributed by atoms with Gasteiger partial charge in [-0.05, 0) is 36.4 Å². The molecular weight excluding hydrogens is 359 g/mol. The number of rotatable bonds is 3.